The van der Waals surface area contributed by atoms with Gasteiger partial charge in [0.1, 0.15) is 0 Å². The van der Waals surface area contributed by atoms with Gasteiger partial charge < -0.3 is 5.11 Å². The van der Waals surface area contributed by atoms with E-state index >= 15 is 0 Å². The number of benzene rings is 1. The van der Waals surface area contributed by atoms with Crippen molar-refractivity contribution in [1.82, 2.24) is 4.90 Å². The van der Waals surface area contributed by atoms with E-state index < -0.39 is 5.60 Å². The van der Waals surface area contributed by atoms with Crippen LogP contribution in [-0.2, 0) is 0 Å². The molecule has 1 aliphatic heterocycles. The molecule has 24 heavy (non-hydrogen) atoms. The predicted molar refractivity (Wildman–Crippen MR) is 94.9 cm³/mol. The summed E-state index contributed by atoms with van der Waals surface area (Å²) in [5.41, 5.74) is 0.291. The normalized spacial score (nSPS) is 16.2. The summed E-state index contributed by atoms with van der Waals surface area (Å²) >= 11 is 0. The number of fused-ring (bicyclic) bond motifs is 1. The summed E-state index contributed by atoms with van der Waals surface area (Å²) < 4.78 is 0. The number of hydrogen-bond acceptors (Lipinski definition) is 3. The van der Waals surface area contributed by atoms with E-state index in [1.165, 1.54) is 4.90 Å². The molecular formula is C20H27NO3. The van der Waals surface area contributed by atoms with Gasteiger partial charge in [0, 0.05) is 6.54 Å². The van der Waals surface area contributed by atoms with Gasteiger partial charge in [0.25, 0.3) is 11.8 Å². The highest BCUT2D eigenvalue weighted by molar-refractivity contribution is 6.21. The maximum absolute atomic E-state index is 12.2. The fourth-order valence-electron chi connectivity index (χ4n) is 3.00. The van der Waals surface area contributed by atoms with Crippen LogP contribution in [-0.4, -0.2) is 34.0 Å². The van der Waals surface area contributed by atoms with E-state index in [4.69, 9.17) is 0 Å². The number of imide groups is 1. The summed E-state index contributed by atoms with van der Waals surface area (Å²) in [7, 11) is 0. The first-order valence-corrected chi connectivity index (χ1v) is 8.77. The molecule has 2 rings (SSSR count). The van der Waals surface area contributed by atoms with Gasteiger partial charge in [0.05, 0.1) is 16.7 Å². The zero-order chi connectivity index (χ0) is 17.6. The lowest BCUT2D eigenvalue weighted by Gasteiger charge is -2.17. The average Bonchev–Trinajstić information content (AvgIpc) is 2.82. The van der Waals surface area contributed by atoms with Gasteiger partial charge in [-0.3, -0.25) is 14.5 Å². The summed E-state index contributed by atoms with van der Waals surface area (Å²) in [5, 5.41) is 9.82. The zero-order valence-electron chi connectivity index (χ0n) is 14.5. The second-order valence-electron chi connectivity index (χ2n) is 6.74. The highest BCUT2D eigenvalue weighted by atomic mass is 16.3. The quantitative estimate of drug-likeness (QED) is 0.402. The van der Waals surface area contributed by atoms with E-state index in [0.29, 0.717) is 17.7 Å². The molecule has 2 amide bonds. The SMILES string of the molecule is C=CC(C)(O)CCCCCCCCN1C(=O)c2ccccc2C1=O. The van der Waals surface area contributed by atoms with Gasteiger partial charge in [0.15, 0.2) is 0 Å². The van der Waals surface area contributed by atoms with Crippen LogP contribution in [0.3, 0.4) is 0 Å². The van der Waals surface area contributed by atoms with Crippen molar-refractivity contribution in [3.63, 3.8) is 0 Å². The first-order valence-electron chi connectivity index (χ1n) is 8.77. The fraction of sp³-hybridized carbons (Fsp3) is 0.500. The minimum atomic E-state index is -0.758. The number of carbonyl (C=O) groups excluding carboxylic acids is 2. The van der Waals surface area contributed by atoms with Gasteiger partial charge >= 0.3 is 0 Å². The Morgan fingerprint density at radius 2 is 1.50 bits per heavy atom. The van der Waals surface area contributed by atoms with Crippen molar-refractivity contribution >= 4 is 11.8 Å². The Morgan fingerprint density at radius 1 is 1.00 bits per heavy atom. The van der Waals surface area contributed by atoms with Crippen molar-refractivity contribution in [3.8, 4) is 0 Å². The Bertz CT molecular complexity index is 572. The van der Waals surface area contributed by atoms with Crippen molar-refractivity contribution in [2.75, 3.05) is 6.54 Å². The molecule has 1 aromatic rings. The molecule has 4 heteroatoms. The van der Waals surface area contributed by atoms with Crippen LogP contribution >= 0.6 is 0 Å². The summed E-state index contributed by atoms with van der Waals surface area (Å²) in [4.78, 5) is 25.8. The topological polar surface area (TPSA) is 57.6 Å². The van der Waals surface area contributed by atoms with E-state index in [-0.39, 0.29) is 11.8 Å². The zero-order valence-corrected chi connectivity index (χ0v) is 14.5. The third kappa shape index (κ3) is 4.54. The molecule has 0 radical (unpaired) electrons. The number of unbranched alkanes of at least 4 members (excludes halogenated alkanes) is 5. The molecule has 1 unspecified atom stereocenters. The molecule has 4 nitrogen and oxygen atoms in total. The van der Waals surface area contributed by atoms with Crippen molar-refractivity contribution in [3.05, 3.63) is 48.0 Å². The van der Waals surface area contributed by atoms with Crippen LogP contribution in [0.25, 0.3) is 0 Å². The first-order chi connectivity index (χ1) is 11.5. The van der Waals surface area contributed by atoms with Crippen molar-refractivity contribution in [2.24, 2.45) is 0 Å². The standard InChI is InChI=1S/C20H27NO3/c1-3-20(2,24)14-10-6-4-5-7-11-15-21-18(22)16-12-8-9-13-17(16)19(21)23/h3,8-9,12-13,24H,1,4-7,10-11,14-15H2,2H3. The third-order valence-corrected chi connectivity index (χ3v) is 4.63. The molecule has 0 saturated heterocycles. The molecule has 1 aliphatic rings. The number of hydrogen-bond donors (Lipinski definition) is 1. The fourth-order valence-corrected chi connectivity index (χ4v) is 3.00. The summed E-state index contributed by atoms with van der Waals surface area (Å²) in [6, 6.07) is 7.01. The van der Waals surface area contributed by atoms with E-state index in [9.17, 15) is 14.7 Å². The Hall–Kier alpha value is -1.94. The minimum Gasteiger partial charge on any atom is -0.386 e. The van der Waals surface area contributed by atoms with Crippen LogP contribution in [0, 0.1) is 0 Å². The monoisotopic (exact) mass is 329 g/mol. The number of rotatable bonds is 10. The van der Waals surface area contributed by atoms with E-state index in [2.05, 4.69) is 6.58 Å². The van der Waals surface area contributed by atoms with Crippen molar-refractivity contribution < 1.29 is 14.7 Å². The molecule has 1 heterocycles. The Balaban J connectivity index is 1.61. The van der Waals surface area contributed by atoms with E-state index in [1.54, 1.807) is 37.3 Å². The van der Waals surface area contributed by atoms with Crippen LogP contribution in [0.4, 0.5) is 0 Å². The largest absolute Gasteiger partial charge is 0.386 e. The lowest BCUT2D eigenvalue weighted by molar-refractivity contribution is 0.0651. The highest BCUT2D eigenvalue weighted by Gasteiger charge is 2.34. The van der Waals surface area contributed by atoms with Crippen LogP contribution in [0.5, 0.6) is 0 Å². The molecule has 0 bridgehead atoms. The first kappa shape index (κ1) is 18.4. The molecule has 0 fully saturated rings. The van der Waals surface area contributed by atoms with Gasteiger partial charge in [-0.2, -0.15) is 0 Å². The van der Waals surface area contributed by atoms with E-state index in [0.717, 1.165) is 44.9 Å². The molecule has 0 aliphatic carbocycles. The molecule has 1 N–H and O–H groups in total. The summed E-state index contributed by atoms with van der Waals surface area (Å²) in [6.07, 6.45) is 8.44. The summed E-state index contributed by atoms with van der Waals surface area (Å²) in [5.74, 6) is -0.329. The predicted octanol–water partition coefficient (Wildman–Crippen LogP) is 3.95. The number of carbonyl (C=O) groups is 2. The van der Waals surface area contributed by atoms with Gasteiger partial charge in [-0.25, -0.2) is 0 Å². The molecule has 0 spiro atoms. The molecule has 1 atom stereocenters. The van der Waals surface area contributed by atoms with Crippen molar-refractivity contribution in [1.29, 1.82) is 0 Å². The maximum Gasteiger partial charge on any atom is 0.261 e. The smallest absolute Gasteiger partial charge is 0.261 e. The lowest BCUT2D eigenvalue weighted by Crippen LogP contribution is -2.30. The van der Waals surface area contributed by atoms with Crippen LogP contribution in [0.1, 0.15) is 72.6 Å². The highest BCUT2D eigenvalue weighted by Crippen LogP contribution is 2.23. The molecule has 1 aromatic carbocycles. The number of amides is 2. The second-order valence-corrected chi connectivity index (χ2v) is 6.74. The summed E-state index contributed by atoms with van der Waals surface area (Å²) in [6.45, 7) is 5.90. The average molecular weight is 329 g/mol. The third-order valence-electron chi connectivity index (χ3n) is 4.63. The number of aliphatic hydroxyl groups is 1. The number of nitrogens with zero attached hydrogens (tertiary/aromatic N) is 1. The maximum atomic E-state index is 12.2. The van der Waals surface area contributed by atoms with Gasteiger partial charge in [-0.15, -0.1) is 6.58 Å². The Kier molecular flexibility index (Phi) is 6.32. The molecule has 0 saturated carbocycles. The lowest BCUT2D eigenvalue weighted by atomic mass is 9.98. The van der Waals surface area contributed by atoms with Gasteiger partial charge in [-0.1, -0.05) is 50.3 Å². The second kappa shape index (κ2) is 8.25. The van der Waals surface area contributed by atoms with Gasteiger partial charge in [-0.05, 0) is 31.9 Å². The Labute approximate surface area is 144 Å². The molecule has 0 aromatic heterocycles. The minimum absolute atomic E-state index is 0.165. The van der Waals surface area contributed by atoms with Crippen LogP contribution in [0.2, 0.25) is 0 Å². The molecular weight excluding hydrogens is 302 g/mol. The van der Waals surface area contributed by atoms with Gasteiger partial charge in [0.2, 0.25) is 0 Å². The van der Waals surface area contributed by atoms with Crippen LogP contribution < -0.4 is 0 Å². The van der Waals surface area contributed by atoms with Crippen molar-refractivity contribution in [2.45, 2.75) is 57.5 Å². The Morgan fingerprint density at radius 3 is 2.04 bits per heavy atom. The molecule has 130 valence electrons. The van der Waals surface area contributed by atoms with Crippen LogP contribution in [0.15, 0.2) is 36.9 Å². The van der Waals surface area contributed by atoms with E-state index in [1.807, 2.05) is 0 Å².